The first-order chi connectivity index (χ1) is 14.6. The van der Waals surface area contributed by atoms with Crippen molar-refractivity contribution in [1.82, 2.24) is 5.32 Å². The van der Waals surface area contributed by atoms with Crippen LogP contribution in [0.25, 0.3) is 11.1 Å². The van der Waals surface area contributed by atoms with E-state index in [1.165, 1.54) is 22.3 Å². The van der Waals surface area contributed by atoms with E-state index in [-0.39, 0.29) is 5.92 Å². The minimum Gasteiger partial charge on any atom is -0.449 e. The van der Waals surface area contributed by atoms with E-state index in [1.54, 1.807) is 18.2 Å². The predicted octanol–water partition coefficient (Wildman–Crippen LogP) is 6.27. The molecule has 1 amide bonds. The molecule has 150 valence electrons. The smallest absolute Gasteiger partial charge is 0.407 e. The maximum atomic E-state index is 12.1. The largest absolute Gasteiger partial charge is 0.449 e. The first kappa shape index (κ1) is 20.3. The minimum atomic E-state index is -0.445. The number of nitrogens with one attached hydrogen (secondary N) is 1. The summed E-state index contributed by atoms with van der Waals surface area (Å²) in [6, 6.07) is 21.8. The van der Waals surface area contributed by atoms with Crippen molar-refractivity contribution < 1.29 is 9.53 Å². The number of alkyl carbamates (subject to hydrolysis) is 1. The van der Waals surface area contributed by atoms with E-state index < -0.39 is 6.09 Å². The van der Waals surface area contributed by atoms with Crippen molar-refractivity contribution in [1.29, 1.82) is 0 Å². The van der Waals surface area contributed by atoms with Crippen LogP contribution in [0.5, 0.6) is 0 Å². The van der Waals surface area contributed by atoms with Gasteiger partial charge in [-0.15, -0.1) is 0 Å². The quantitative estimate of drug-likeness (QED) is 0.387. The van der Waals surface area contributed by atoms with Gasteiger partial charge in [0.15, 0.2) is 0 Å². The second kappa shape index (κ2) is 9.26. The molecule has 0 bridgehead atoms. The number of hydrogen-bond acceptors (Lipinski definition) is 2. The third kappa shape index (κ3) is 4.31. The lowest BCUT2D eigenvalue weighted by Crippen LogP contribution is -2.26. The van der Waals surface area contributed by atoms with Gasteiger partial charge < -0.3 is 10.1 Å². The monoisotopic (exact) mass is 435 g/mol. The maximum Gasteiger partial charge on any atom is 0.407 e. The Morgan fingerprint density at radius 1 is 0.933 bits per heavy atom. The molecule has 0 unspecified atom stereocenters. The van der Waals surface area contributed by atoms with E-state index in [9.17, 15) is 4.79 Å². The zero-order valence-corrected chi connectivity index (χ0v) is 17.6. The van der Waals surface area contributed by atoms with Gasteiger partial charge in [-0.3, -0.25) is 0 Å². The van der Waals surface area contributed by atoms with Gasteiger partial charge >= 0.3 is 6.09 Å². The molecule has 0 spiro atoms. The fourth-order valence-corrected chi connectivity index (χ4v) is 3.98. The lowest BCUT2D eigenvalue weighted by molar-refractivity contribution is 0.143. The molecule has 1 aliphatic carbocycles. The number of halogens is 2. The summed E-state index contributed by atoms with van der Waals surface area (Å²) < 4.78 is 5.50. The van der Waals surface area contributed by atoms with Gasteiger partial charge in [0.2, 0.25) is 0 Å². The lowest BCUT2D eigenvalue weighted by atomic mass is 9.98. The van der Waals surface area contributed by atoms with Crippen LogP contribution in [0.1, 0.15) is 29.0 Å². The molecule has 0 radical (unpaired) electrons. The average Bonchev–Trinajstić information content (AvgIpc) is 3.09. The zero-order chi connectivity index (χ0) is 20.9. The molecule has 3 aromatic carbocycles. The van der Waals surface area contributed by atoms with Crippen molar-refractivity contribution in [3.05, 3.63) is 93.5 Å². The Morgan fingerprint density at radius 2 is 1.60 bits per heavy atom. The predicted molar refractivity (Wildman–Crippen MR) is 121 cm³/mol. The Labute approximate surface area is 186 Å². The maximum absolute atomic E-state index is 12.1. The Kier molecular flexibility index (Phi) is 6.28. The second-order valence-corrected chi connectivity index (χ2v) is 7.69. The number of hydrogen-bond donors (Lipinski definition) is 1. The molecule has 0 aliphatic heterocycles. The van der Waals surface area contributed by atoms with E-state index in [0.717, 1.165) is 0 Å². The molecular formula is C25H19Cl2NO2. The van der Waals surface area contributed by atoms with Gasteiger partial charge in [0.25, 0.3) is 0 Å². The van der Waals surface area contributed by atoms with Gasteiger partial charge in [-0.05, 0) is 34.4 Å². The molecule has 0 fully saturated rings. The number of fused-ring (bicyclic) bond motifs is 3. The molecule has 5 heteroatoms. The Morgan fingerprint density at radius 3 is 2.30 bits per heavy atom. The molecule has 4 rings (SSSR count). The van der Waals surface area contributed by atoms with Gasteiger partial charge in [-0.2, -0.15) is 0 Å². The van der Waals surface area contributed by atoms with E-state index >= 15 is 0 Å². The molecule has 1 aliphatic rings. The number of benzene rings is 3. The third-order valence-corrected chi connectivity index (χ3v) is 5.86. The van der Waals surface area contributed by atoms with E-state index in [2.05, 4.69) is 41.4 Å². The van der Waals surface area contributed by atoms with Crippen molar-refractivity contribution in [2.75, 3.05) is 13.2 Å². The highest BCUT2D eigenvalue weighted by atomic mass is 35.5. The number of carbonyl (C=O) groups is 1. The molecule has 0 saturated heterocycles. The second-order valence-electron chi connectivity index (χ2n) is 6.91. The van der Waals surface area contributed by atoms with Gasteiger partial charge in [0.1, 0.15) is 6.61 Å². The van der Waals surface area contributed by atoms with Gasteiger partial charge in [0, 0.05) is 24.4 Å². The molecule has 3 nitrogen and oxygen atoms in total. The van der Waals surface area contributed by atoms with Crippen molar-refractivity contribution in [2.24, 2.45) is 0 Å². The van der Waals surface area contributed by atoms with Crippen molar-refractivity contribution in [2.45, 2.75) is 12.3 Å². The molecular weight excluding hydrogens is 417 g/mol. The first-order valence-electron chi connectivity index (χ1n) is 9.67. The Bertz CT molecular complexity index is 1100. The summed E-state index contributed by atoms with van der Waals surface area (Å²) in [5.74, 6) is 6.00. The fraction of sp³-hybridized carbons (Fsp3) is 0.160. The lowest BCUT2D eigenvalue weighted by Gasteiger charge is -2.14. The van der Waals surface area contributed by atoms with E-state index in [4.69, 9.17) is 27.9 Å². The summed E-state index contributed by atoms with van der Waals surface area (Å²) in [6.45, 7) is 0.686. The SMILES string of the molecule is O=C(NCCC#Cc1cccc(Cl)c1Cl)OCC1c2ccccc2-c2ccccc21. The summed E-state index contributed by atoms with van der Waals surface area (Å²) in [4.78, 5) is 12.1. The number of rotatable bonds is 4. The standard InChI is InChI=1S/C25H19Cl2NO2/c26-23-14-7-9-17(24(23)27)8-5-6-15-28-25(29)30-16-22-20-12-3-1-10-18(20)19-11-2-4-13-21(19)22/h1-4,7,9-14,22H,6,15-16H2,(H,28,29). The third-order valence-electron chi connectivity index (χ3n) is 5.04. The molecule has 0 aromatic heterocycles. The molecule has 0 saturated carbocycles. The van der Waals surface area contributed by atoms with E-state index in [1.807, 2.05) is 24.3 Å². The number of amides is 1. The summed E-state index contributed by atoms with van der Waals surface area (Å²) >= 11 is 12.1. The van der Waals surface area contributed by atoms with Crippen molar-refractivity contribution in [3.8, 4) is 23.0 Å². The van der Waals surface area contributed by atoms with Crippen LogP contribution in [0.15, 0.2) is 66.7 Å². The van der Waals surface area contributed by atoms with Gasteiger partial charge in [0.05, 0.1) is 10.0 Å². The summed E-state index contributed by atoms with van der Waals surface area (Å²) in [5.41, 5.74) is 5.46. The van der Waals surface area contributed by atoms with Crippen LogP contribution in [0, 0.1) is 11.8 Å². The van der Waals surface area contributed by atoms with Crippen LogP contribution in [0.2, 0.25) is 10.0 Å². The summed E-state index contributed by atoms with van der Waals surface area (Å²) in [7, 11) is 0. The fourth-order valence-electron chi connectivity index (χ4n) is 3.63. The van der Waals surface area contributed by atoms with Gasteiger partial charge in [-0.1, -0.05) is 89.6 Å². The molecule has 1 N–H and O–H groups in total. The molecule has 30 heavy (non-hydrogen) atoms. The van der Waals surface area contributed by atoms with Crippen molar-refractivity contribution in [3.63, 3.8) is 0 Å². The van der Waals surface area contributed by atoms with E-state index in [0.29, 0.717) is 35.2 Å². The van der Waals surface area contributed by atoms with Crippen LogP contribution in [0.4, 0.5) is 4.79 Å². The average molecular weight is 436 g/mol. The highest BCUT2D eigenvalue weighted by Gasteiger charge is 2.28. The Hall–Kier alpha value is -2.93. The highest BCUT2D eigenvalue weighted by Crippen LogP contribution is 2.44. The molecule has 3 aromatic rings. The molecule has 0 heterocycles. The van der Waals surface area contributed by atoms with Crippen LogP contribution in [0.3, 0.4) is 0 Å². The zero-order valence-electron chi connectivity index (χ0n) is 16.1. The summed E-state index contributed by atoms with van der Waals surface area (Å²) in [6.07, 6.45) is 0.0343. The Balaban J connectivity index is 1.30. The highest BCUT2D eigenvalue weighted by molar-refractivity contribution is 6.42. The summed E-state index contributed by atoms with van der Waals surface area (Å²) in [5, 5.41) is 3.66. The molecule has 0 atom stereocenters. The topological polar surface area (TPSA) is 38.3 Å². The van der Waals surface area contributed by atoms with Crippen LogP contribution in [-0.4, -0.2) is 19.2 Å². The van der Waals surface area contributed by atoms with Crippen LogP contribution >= 0.6 is 23.2 Å². The van der Waals surface area contributed by atoms with Crippen LogP contribution < -0.4 is 5.32 Å². The normalized spacial score (nSPS) is 11.8. The van der Waals surface area contributed by atoms with Crippen molar-refractivity contribution >= 4 is 29.3 Å². The first-order valence-corrected chi connectivity index (χ1v) is 10.4. The number of carbonyl (C=O) groups excluding carboxylic acids is 1. The number of ether oxygens (including phenoxy) is 1. The van der Waals surface area contributed by atoms with Gasteiger partial charge in [-0.25, -0.2) is 4.79 Å². The minimum absolute atomic E-state index is 0.0490. The van der Waals surface area contributed by atoms with Crippen LogP contribution in [-0.2, 0) is 4.74 Å².